The Balaban J connectivity index is 1.48. The van der Waals surface area contributed by atoms with Crippen molar-refractivity contribution in [3.8, 4) is 6.07 Å². The molecule has 1 nitrogen and oxygen atoms in total. The second kappa shape index (κ2) is 5.36. The fourth-order valence-electron chi connectivity index (χ4n) is 8.82. The minimum Gasteiger partial charge on any atom is -0.193 e. The molecular formula is C23H33N. The molecule has 1 spiro atoms. The third kappa shape index (κ3) is 1.87. The largest absolute Gasteiger partial charge is 0.193 e. The molecule has 0 amide bonds. The molecule has 1 heteroatoms. The Labute approximate surface area is 147 Å². The fraction of sp³-hybridized carbons (Fsp3) is 0.870. The van der Waals surface area contributed by atoms with Crippen LogP contribution in [0, 0.1) is 51.8 Å². The van der Waals surface area contributed by atoms with Crippen molar-refractivity contribution in [2.75, 3.05) is 0 Å². The number of hydrogen-bond donors (Lipinski definition) is 0. The number of fused-ring (bicyclic) bond motifs is 4. The van der Waals surface area contributed by atoms with E-state index in [0.717, 1.165) is 23.7 Å². The molecule has 0 aromatic carbocycles. The second-order valence-electron chi connectivity index (χ2n) is 10.1. The maximum atomic E-state index is 9.63. The molecule has 0 heterocycles. The Morgan fingerprint density at radius 3 is 2.75 bits per heavy atom. The van der Waals surface area contributed by atoms with E-state index < -0.39 is 0 Å². The molecule has 4 fully saturated rings. The van der Waals surface area contributed by atoms with Crippen molar-refractivity contribution in [3.63, 3.8) is 0 Å². The van der Waals surface area contributed by atoms with Crippen molar-refractivity contribution < 1.29 is 0 Å². The summed E-state index contributed by atoms with van der Waals surface area (Å²) >= 11 is 0. The van der Waals surface area contributed by atoms with Crippen LogP contribution in [0.15, 0.2) is 11.6 Å². The van der Waals surface area contributed by atoms with Gasteiger partial charge in [0.25, 0.3) is 0 Å². The van der Waals surface area contributed by atoms with Gasteiger partial charge >= 0.3 is 0 Å². The highest BCUT2D eigenvalue weighted by atomic mass is 14.7. The van der Waals surface area contributed by atoms with Crippen LogP contribution in [-0.4, -0.2) is 0 Å². The minimum atomic E-state index is 0.527. The smallest absolute Gasteiger partial charge is 0.0946 e. The molecule has 5 rings (SSSR count). The molecule has 24 heavy (non-hydrogen) atoms. The van der Waals surface area contributed by atoms with E-state index in [1.807, 2.05) is 0 Å². The average molecular weight is 324 g/mol. The Morgan fingerprint density at radius 1 is 0.958 bits per heavy atom. The standard InChI is InChI=1S/C23H33N/c1-22-12-3-2-6-17(22)7-8-18-20(22)11-14-23-13-4-5-16(15-24)19(23)9-10-21(18)23/h5,17-21H,2-4,6-14H2,1H3. The van der Waals surface area contributed by atoms with E-state index in [0.29, 0.717) is 16.7 Å². The van der Waals surface area contributed by atoms with E-state index in [4.69, 9.17) is 0 Å². The maximum Gasteiger partial charge on any atom is 0.0946 e. The number of hydrogen-bond acceptors (Lipinski definition) is 1. The van der Waals surface area contributed by atoms with E-state index in [9.17, 15) is 5.26 Å². The van der Waals surface area contributed by atoms with Crippen LogP contribution in [0.4, 0.5) is 0 Å². The van der Waals surface area contributed by atoms with Gasteiger partial charge in [-0.2, -0.15) is 5.26 Å². The summed E-state index contributed by atoms with van der Waals surface area (Å²) in [4.78, 5) is 0. The Morgan fingerprint density at radius 2 is 1.88 bits per heavy atom. The number of nitrogens with zero attached hydrogens (tertiary/aromatic N) is 1. The zero-order valence-electron chi connectivity index (χ0n) is 15.4. The first-order valence-corrected chi connectivity index (χ1v) is 10.8. The molecule has 130 valence electrons. The molecule has 4 saturated carbocycles. The summed E-state index contributed by atoms with van der Waals surface area (Å²) in [6.07, 6.45) is 19.5. The molecule has 0 saturated heterocycles. The quantitative estimate of drug-likeness (QED) is 0.516. The van der Waals surface area contributed by atoms with Crippen LogP contribution in [0.1, 0.15) is 84.0 Å². The monoisotopic (exact) mass is 323 g/mol. The molecule has 0 aromatic heterocycles. The van der Waals surface area contributed by atoms with E-state index >= 15 is 0 Å². The lowest BCUT2D eigenvalue weighted by molar-refractivity contribution is -0.115. The molecule has 7 atom stereocenters. The van der Waals surface area contributed by atoms with Crippen molar-refractivity contribution in [1.82, 2.24) is 0 Å². The number of allylic oxidation sites excluding steroid dienone is 2. The van der Waals surface area contributed by atoms with E-state index in [1.165, 1.54) is 82.6 Å². The molecule has 5 aliphatic rings. The molecule has 0 N–H and O–H groups in total. The predicted octanol–water partition coefficient (Wildman–Crippen LogP) is 6.26. The van der Waals surface area contributed by atoms with E-state index in [2.05, 4.69) is 19.1 Å². The fourth-order valence-corrected chi connectivity index (χ4v) is 8.82. The van der Waals surface area contributed by atoms with Gasteiger partial charge in [0.15, 0.2) is 0 Å². The zero-order chi connectivity index (χ0) is 16.4. The summed E-state index contributed by atoms with van der Waals surface area (Å²) in [7, 11) is 0. The minimum absolute atomic E-state index is 0.527. The SMILES string of the molecule is CC12CCCCC1CCC1C2CCC23CCC=C(C#N)C2CCC13. The van der Waals surface area contributed by atoms with Crippen molar-refractivity contribution in [3.05, 3.63) is 11.6 Å². The van der Waals surface area contributed by atoms with Gasteiger partial charge in [-0.25, -0.2) is 0 Å². The van der Waals surface area contributed by atoms with Crippen molar-refractivity contribution in [1.29, 1.82) is 5.26 Å². The molecule has 7 unspecified atom stereocenters. The third-order valence-electron chi connectivity index (χ3n) is 9.78. The van der Waals surface area contributed by atoms with E-state index in [-0.39, 0.29) is 0 Å². The molecule has 0 bridgehead atoms. The highest BCUT2D eigenvalue weighted by Gasteiger charge is 2.61. The number of rotatable bonds is 0. The van der Waals surface area contributed by atoms with Gasteiger partial charge in [0, 0.05) is 5.57 Å². The van der Waals surface area contributed by atoms with Gasteiger partial charge < -0.3 is 0 Å². The van der Waals surface area contributed by atoms with Crippen LogP contribution < -0.4 is 0 Å². The van der Waals surface area contributed by atoms with Gasteiger partial charge in [-0.1, -0.05) is 25.8 Å². The summed E-state index contributed by atoms with van der Waals surface area (Å²) in [5.74, 6) is 4.58. The lowest BCUT2D eigenvalue weighted by Crippen LogP contribution is -2.53. The summed E-state index contributed by atoms with van der Waals surface area (Å²) in [5.41, 5.74) is 2.35. The summed E-state index contributed by atoms with van der Waals surface area (Å²) in [6.45, 7) is 2.68. The van der Waals surface area contributed by atoms with Gasteiger partial charge in [-0.15, -0.1) is 0 Å². The van der Waals surface area contributed by atoms with Crippen molar-refractivity contribution in [2.24, 2.45) is 40.4 Å². The first-order chi connectivity index (χ1) is 11.7. The lowest BCUT2D eigenvalue weighted by Gasteiger charge is -2.61. The van der Waals surface area contributed by atoms with Crippen LogP contribution in [0.25, 0.3) is 0 Å². The zero-order valence-corrected chi connectivity index (χ0v) is 15.4. The van der Waals surface area contributed by atoms with Gasteiger partial charge in [-0.05, 0) is 105 Å². The molecule has 0 radical (unpaired) electrons. The first-order valence-electron chi connectivity index (χ1n) is 10.8. The molecule has 0 aromatic rings. The average Bonchev–Trinajstić information content (AvgIpc) is 3.01. The summed E-state index contributed by atoms with van der Waals surface area (Å²) in [5, 5.41) is 9.63. The highest BCUT2D eigenvalue weighted by Crippen LogP contribution is 2.70. The Hall–Kier alpha value is -0.770. The van der Waals surface area contributed by atoms with Crippen LogP contribution >= 0.6 is 0 Å². The summed E-state index contributed by atoms with van der Waals surface area (Å²) < 4.78 is 0. The topological polar surface area (TPSA) is 23.8 Å². The molecule has 0 aliphatic heterocycles. The Bertz CT molecular complexity index is 598. The predicted molar refractivity (Wildman–Crippen MR) is 97.1 cm³/mol. The van der Waals surface area contributed by atoms with Crippen LogP contribution in [0.3, 0.4) is 0 Å². The second-order valence-corrected chi connectivity index (χ2v) is 10.1. The van der Waals surface area contributed by atoms with Crippen LogP contribution in [0.5, 0.6) is 0 Å². The van der Waals surface area contributed by atoms with E-state index in [1.54, 1.807) is 0 Å². The maximum absolute atomic E-state index is 9.63. The summed E-state index contributed by atoms with van der Waals surface area (Å²) in [6, 6.07) is 2.59. The van der Waals surface area contributed by atoms with Crippen LogP contribution in [0.2, 0.25) is 0 Å². The van der Waals surface area contributed by atoms with Gasteiger partial charge in [-0.3, -0.25) is 0 Å². The van der Waals surface area contributed by atoms with Crippen LogP contribution in [-0.2, 0) is 0 Å². The van der Waals surface area contributed by atoms with Gasteiger partial charge in [0.05, 0.1) is 6.07 Å². The Kier molecular flexibility index (Phi) is 3.46. The van der Waals surface area contributed by atoms with Crippen molar-refractivity contribution >= 4 is 0 Å². The number of nitriles is 1. The first kappa shape index (κ1) is 15.5. The molecule has 5 aliphatic carbocycles. The highest BCUT2D eigenvalue weighted by molar-refractivity contribution is 5.32. The molecular weight excluding hydrogens is 290 g/mol. The normalized spacial score (nSPS) is 53.0. The van der Waals surface area contributed by atoms with Gasteiger partial charge in [0.2, 0.25) is 0 Å². The van der Waals surface area contributed by atoms with Gasteiger partial charge in [0.1, 0.15) is 0 Å². The van der Waals surface area contributed by atoms with Crippen molar-refractivity contribution in [2.45, 2.75) is 84.0 Å². The third-order valence-corrected chi connectivity index (χ3v) is 9.78. The lowest BCUT2D eigenvalue weighted by atomic mass is 9.43.